The second-order valence-electron chi connectivity index (χ2n) is 3.53. The van der Waals surface area contributed by atoms with Crippen molar-refractivity contribution in [1.29, 1.82) is 0 Å². The first-order chi connectivity index (χ1) is 6.75. The SMILES string of the molecule is NCCCC[C@H](N)C(=O)N1CCSC1. The van der Waals surface area contributed by atoms with Crippen molar-refractivity contribution in [2.45, 2.75) is 25.3 Å². The summed E-state index contributed by atoms with van der Waals surface area (Å²) in [4.78, 5) is 13.5. The highest BCUT2D eigenvalue weighted by atomic mass is 32.2. The van der Waals surface area contributed by atoms with Crippen LogP contribution in [0, 0.1) is 0 Å². The molecule has 1 rings (SSSR count). The van der Waals surface area contributed by atoms with E-state index in [0.29, 0.717) is 6.54 Å². The van der Waals surface area contributed by atoms with Crippen molar-refractivity contribution in [3.8, 4) is 0 Å². The van der Waals surface area contributed by atoms with Gasteiger partial charge in [0.25, 0.3) is 0 Å². The monoisotopic (exact) mass is 217 g/mol. The van der Waals surface area contributed by atoms with Crippen molar-refractivity contribution in [1.82, 2.24) is 4.90 Å². The van der Waals surface area contributed by atoms with Gasteiger partial charge in [-0.1, -0.05) is 6.42 Å². The number of nitrogens with zero attached hydrogens (tertiary/aromatic N) is 1. The van der Waals surface area contributed by atoms with Crippen LogP contribution in [0.3, 0.4) is 0 Å². The molecule has 0 aromatic carbocycles. The standard InChI is InChI=1S/C9H19N3OS/c10-4-2-1-3-8(11)9(13)12-5-6-14-7-12/h8H,1-7,10-11H2/t8-/m0/s1. The predicted octanol–water partition coefficient (Wildman–Crippen LogP) is -0.0244. The molecule has 82 valence electrons. The van der Waals surface area contributed by atoms with Crippen LogP contribution in [-0.4, -0.2) is 41.6 Å². The van der Waals surface area contributed by atoms with Gasteiger partial charge in [0, 0.05) is 12.3 Å². The third-order valence-electron chi connectivity index (χ3n) is 2.35. The van der Waals surface area contributed by atoms with E-state index in [4.69, 9.17) is 11.5 Å². The summed E-state index contributed by atoms with van der Waals surface area (Å²) in [5.74, 6) is 1.96. The third-order valence-corrected chi connectivity index (χ3v) is 3.32. The molecule has 0 saturated carbocycles. The maximum atomic E-state index is 11.7. The van der Waals surface area contributed by atoms with Crippen LogP contribution in [0.1, 0.15) is 19.3 Å². The van der Waals surface area contributed by atoms with Crippen molar-refractivity contribution in [2.24, 2.45) is 11.5 Å². The van der Waals surface area contributed by atoms with Crippen LogP contribution in [-0.2, 0) is 4.79 Å². The highest BCUT2D eigenvalue weighted by Gasteiger charge is 2.23. The fraction of sp³-hybridized carbons (Fsp3) is 0.889. The average Bonchev–Trinajstić information content (AvgIpc) is 2.69. The molecule has 14 heavy (non-hydrogen) atoms. The number of rotatable bonds is 5. The summed E-state index contributed by atoms with van der Waals surface area (Å²) >= 11 is 1.79. The van der Waals surface area contributed by atoms with Gasteiger partial charge in [-0.05, 0) is 19.4 Å². The lowest BCUT2D eigenvalue weighted by atomic mass is 10.1. The van der Waals surface area contributed by atoms with E-state index >= 15 is 0 Å². The summed E-state index contributed by atoms with van der Waals surface area (Å²) in [5.41, 5.74) is 11.2. The summed E-state index contributed by atoms with van der Waals surface area (Å²) in [6, 6.07) is -0.319. The maximum absolute atomic E-state index is 11.7. The molecule has 1 saturated heterocycles. The number of amides is 1. The van der Waals surface area contributed by atoms with Crippen LogP contribution in [0.2, 0.25) is 0 Å². The highest BCUT2D eigenvalue weighted by Crippen LogP contribution is 2.14. The smallest absolute Gasteiger partial charge is 0.240 e. The van der Waals surface area contributed by atoms with E-state index in [1.54, 1.807) is 11.8 Å². The molecule has 0 spiro atoms. The van der Waals surface area contributed by atoms with Gasteiger partial charge >= 0.3 is 0 Å². The molecule has 1 heterocycles. The van der Waals surface area contributed by atoms with Gasteiger partial charge < -0.3 is 16.4 Å². The molecule has 0 aromatic heterocycles. The Morgan fingerprint density at radius 3 is 2.86 bits per heavy atom. The van der Waals surface area contributed by atoms with Crippen LogP contribution < -0.4 is 11.5 Å². The van der Waals surface area contributed by atoms with E-state index in [0.717, 1.165) is 37.4 Å². The minimum absolute atomic E-state index is 0.104. The van der Waals surface area contributed by atoms with Crippen molar-refractivity contribution >= 4 is 17.7 Å². The predicted molar refractivity (Wildman–Crippen MR) is 59.9 cm³/mol. The quantitative estimate of drug-likeness (QED) is 0.635. The Labute approximate surface area is 89.4 Å². The Hall–Kier alpha value is -0.260. The normalized spacial score (nSPS) is 18.6. The number of hydrogen-bond donors (Lipinski definition) is 2. The van der Waals surface area contributed by atoms with Crippen LogP contribution in [0.15, 0.2) is 0 Å². The minimum Gasteiger partial charge on any atom is -0.331 e. The number of unbranched alkanes of at least 4 members (excludes halogenated alkanes) is 1. The maximum Gasteiger partial charge on any atom is 0.240 e. The summed E-state index contributed by atoms with van der Waals surface area (Å²) in [5, 5.41) is 0. The number of carbonyl (C=O) groups is 1. The van der Waals surface area contributed by atoms with Gasteiger partial charge in [-0.3, -0.25) is 4.79 Å². The van der Waals surface area contributed by atoms with Crippen LogP contribution in [0.5, 0.6) is 0 Å². The first-order valence-corrected chi connectivity index (χ1v) is 6.23. The van der Waals surface area contributed by atoms with Gasteiger partial charge in [-0.2, -0.15) is 0 Å². The van der Waals surface area contributed by atoms with E-state index in [9.17, 15) is 4.79 Å². The molecule has 1 amide bonds. The van der Waals surface area contributed by atoms with Gasteiger partial charge in [0.15, 0.2) is 0 Å². The summed E-state index contributed by atoms with van der Waals surface area (Å²) in [6.45, 7) is 1.54. The van der Waals surface area contributed by atoms with Crippen LogP contribution in [0.25, 0.3) is 0 Å². The van der Waals surface area contributed by atoms with E-state index in [-0.39, 0.29) is 11.9 Å². The molecule has 4 N–H and O–H groups in total. The van der Waals surface area contributed by atoms with Gasteiger partial charge in [0.1, 0.15) is 0 Å². The van der Waals surface area contributed by atoms with Gasteiger partial charge in [-0.25, -0.2) is 0 Å². The number of carbonyl (C=O) groups excluding carboxylic acids is 1. The zero-order valence-corrected chi connectivity index (χ0v) is 9.26. The topological polar surface area (TPSA) is 72.3 Å². The lowest BCUT2D eigenvalue weighted by Gasteiger charge is -2.19. The molecule has 5 heteroatoms. The molecule has 1 fully saturated rings. The molecule has 0 bridgehead atoms. The molecule has 0 aliphatic carbocycles. The first-order valence-electron chi connectivity index (χ1n) is 5.08. The lowest BCUT2D eigenvalue weighted by Crippen LogP contribution is -2.42. The lowest BCUT2D eigenvalue weighted by molar-refractivity contribution is -0.131. The second kappa shape index (κ2) is 6.27. The Kier molecular flexibility index (Phi) is 5.29. The summed E-state index contributed by atoms with van der Waals surface area (Å²) < 4.78 is 0. The Morgan fingerprint density at radius 2 is 2.29 bits per heavy atom. The minimum atomic E-state index is -0.319. The van der Waals surface area contributed by atoms with Gasteiger partial charge in [0.05, 0.1) is 11.9 Å². The highest BCUT2D eigenvalue weighted by molar-refractivity contribution is 7.99. The molecular weight excluding hydrogens is 198 g/mol. The number of nitrogens with two attached hydrogens (primary N) is 2. The fourth-order valence-electron chi connectivity index (χ4n) is 1.45. The van der Waals surface area contributed by atoms with Gasteiger partial charge in [-0.15, -0.1) is 11.8 Å². The Balaban J connectivity index is 2.21. The summed E-state index contributed by atoms with van der Waals surface area (Å²) in [6.07, 6.45) is 2.66. The molecule has 1 aliphatic rings. The van der Waals surface area contributed by atoms with Crippen molar-refractivity contribution < 1.29 is 4.79 Å². The molecular formula is C9H19N3OS. The zero-order valence-electron chi connectivity index (χ0n) is 8.45. The molecule has 0 unspecified atom stereocenters. The zero-order chi connectivity index (χ0) is 10.4. The van der Waals surface area contributed by atoms with E-state index in [1.807, 2.05) is 4.90 Å². The molecule has 0 radical (unpaired) electrons. The van der Waals surface area contributed by atoms with Crippen LogP contribution in [0.4, 0.5) is 0 Å². The molecule has 0 aromatic rings. The van der Waals surface area contributed by atoms with Gasteiger partial charge in [0.2, 0.25) is 5.91 Å². The van der Waals surface area contributed by atoms with E-state index in [1.165, 1.54) is 0 Å². The van der Waals surface area contributed by atoms with Crippen molar-refractivity contribution in [3.05, 3.63) is 0 Å². The molecule has 1 atom stereocenters. The number of thioether (sulfide) groups is 1. The van der Waals surface area contributed by atoms with E-state index in [2.05, 4.69) is 0 Å². The Bertz CT molecular complexity index is 183. The van der Waals surface area contributed by atoms with Crippen LogP contribution >= 0.6 is 11.8 Å². The first kappa shape index (κ1) is 11.8. The van der Waals surface area contributed by atoms with E-state index < -0.39 is 0 Å². The van der Waals surface area contributed by atoms with Crippen molar-refractivity contribution in [3.63, 3.8) is 0 Å². The average molecular weight is 217 g/mol. The van der Waals surface area contributed by atoms with Crippen molar-refractivity contribution in [2.75, 3.05) is 24.7 Å². The number of hydrogen-bond acceptors (Lipinski definition) is 4. The molecule has 4 nitrogen and oxygen atoms in total. The third kappa shape index (κ3) is 3.48. The molecule has 1 aliphatic heterocycles. The second-order valence-corrected chi connectivity index (χ2v) is 4.60. The summed E-state index contributed by atoms with van der Waals surface area (Å²) in [7, 11) is 0. The Morgan fingerprint density at radius 1 is 1.50 bits per heavy atom. The fourth-order valence-corrected chi connectivity index (χ4v) is 2.41. The largest absolute Gasteiger partial charge is 0.331 e.